The van der Waals surface area contributed by atoms with E-state index in [0.717, 1.165) is 60.6 Å². The first kappa shape index (κ1) is 21.1. The Hall–Kier alpha value is -3.15. The zero-order valence-electron chi connectivity index (χ0n) is 17.9. The molecule has 1 N–H and O–H groups in total. The van der Waals surface area contributed by atoms with Crippen LogP contribution >= 0.6 is 0 Å². The molecule has 0 amide bonds. The third-order valence-electron chi connectivity index (χ3n) is 5.98. The van der Waals surface area contributed by atoms with Gasteiger partial charge in [0.1, 0.15) is 11.6 Å². The highest BCUT2D eigenvalue weighted by atomic mass is 16.4. The fourth-order valence-corrected chi connectivity index (χ4v) is 4.30. The zero-order valence-corrected chi connectivity index (χ0v) is 17.9. The van der Waals surface area contributed by atoms with Crippen LogP contribution in [0.25, 0.3) is 5.57 Å². The molecule has 6 heteroatoms. The number of hydrogen-bond donors (Lipinski definition) is 1. The van der Waals surface area contributed by atoms with E-state index in [-0.39, 0.29) is 0 Å². The number of aromatic nitrogens is 2. The number of carboxylic acid groups (broad SMARTS) is 1. The Bertz CT molecular complexity index is 859. The van der Waals surface area contributed by atoms with E-state index >= 15 is 0 Å². The molecule has 4 rings (SSSR count). The molecule has 6 nitrogen and oxygen atoms in total. The molecule has 162 valence electrons. The Morgan fingerprint density at radius 3 is 1.65 bits per heavy atom. The molecule has 31 heavy (non-hydrogen) atoms. The van der Waals surface area contributed by atoms with Crippen LogP contribution in [-0.4, -0.2) is 47.2 Å². The molecule has 2 aliphatic heterocycles. The van der Waals surface area contributed by atoms with Crippen LogP contribution in [0.15, 0.2) is 54.9 Å². The molecular formula is C25H30N4O2. The molecule has 0 radical (unpaired) electrons. The van der Waals surface area contributed by atoms with Gasteiger partial charge in [0.15, 0.2) is 0 Å². The van der Waals surface area contributed by atoms with Gasteiger partial charge in [-0.15, -0.1) is 0 Å². The Balaban J connectivity index is 1.59. The van der Waals surface area contributed by atoms with E-state index in [1.54, 1.807) is 6.08 Å². The number of piperidine rings is 2. The van der Waals surface area contributed by atoms with Crippen LogP contribution in [0.3, 0.4) is 0 Å². The summed E-state index contributed by atoms with van der Waals surface area (Å²) in [5.41, 5.74) is 2.81. The molecule has 0 aromatic carbocycles. The molecule has 0 spiro atoms. The van der Waals surface area contributed by atoms with E-state index in [4.69, 9.17) is 15.1 Å². The zero-order chi connectivity index (χ0) is 21.5. The van der Waals surface area contributed by atoms with Gasteiger partial charge < -0.3 is 14.9 Å². The number of hydrogen-bond acceptors (Lipinski definition) is 5. The number of anilines is 2. The van der Waals surface area contributed by atoms with E-state index in [1.165, 1.54) is 38.5 Å². The van der Waals surface area contributed by atoms with Crippen molar-refractivity contribution in [2.75, 3.05) is 36.0 Å². The van der Waals surface area contributed by atoms with Gasteiger partial charge in [0.2, 0.25) is 0 Å². The minimum atomic E-state index is -0.965. The topological polar surface area (TPSA) is 69.6 Å². The molecule has 0 aliphatic carbocycles. The SMILES string of the molecule is O=C(O)/C=C/C=C(c1ccc(N2CCCCC2)nc1)c1ccc(N2CCCCC2)nc1. The Labute approximate surface area is 183 Å². The van der Waals surface area contributed by atoms with Gasteiger partial charge in [-0.3, -0.25) is 0 Å². The van der Waals surface area contributed by atoms with E-state index in [0.29, 0.717) is 0 Å². The second kappa shape index (κ2) is 10.2. The van der Waals surface area contributed by atoms with Crippen molar-refractivity contribution < 1.29 is 9.90 Å². The summed E-state index contributed by atoms with van der Waals surface area (Å²) in [6.07, 6.45) is 15.7. The number of carboxylic acids is 1. The van der Waals surface area contributed by atoms with Crippen LogP contribution < -0.4 is 9.80 Å². The molecular weight excluding hydrogens is 388 g/mol. The number of aliphatic carboxylic acids is 1. The average Bonchev–Trinajstić information content (AvgIpc) is 2.83. The number of nitrogens with zero attached hydrogens (tertiary/aromatic N) is 4. The van der Waals surface area contributed by atoms with Gasteiger partial charge in [0.25, 0.3) is 0 Å². The lowest BCUT2D eigenvalue weighted by Gasteiger charge is -2.28. The molecule has 2 saturated heterocycles. The van der Waals surface area contributed by atoms with Gasteiger partial charge in [-0.2, -0.15) is 0 Å². The van der Waals surface area contributed by atoms with Crippen LogP contribution in [0.5, 0.6) is 0 Å². The third-order valence-corrected chi connectivity index (χ3v) is 5.98. The Kier molecular flexibility index (Phi) is 6.97. The van der Waals surface area contributed by atoms with Crippen LogP contribution in [0.2, 0.25) is 0 Å². The monoisotopic (exact) mass is 418 g/mol. The van der Waals surface area contributed by atoms with Crippen molar-refractivity contribution in [1.29, 1.82) is 0 Å². The lowest BCUT2D eigenvalue weighted by molar-refractivity contribution is -0.131. The van der Waals surface area contributed by atoms with Gasteiger partial charge in [-0.05, 0) is 68.4 Å². The molecule has 2 aliphatic rings. The molecule has 0 saturated carbocycles. The second-order valence-corrected chi connectivity index (χ2v) is 8.18. The van der Waals surface area contributed by atoms with Crippen LogP contribution in [-0.2, 0) is 4.79 Å². The standard InChI is InChI=1S/C25H30N4O2/c30-25(31)9-7-8-22(20-10-12-23(26-18-20)28-14-3-1-4-15-28)21-11-13-24(27-19-21)29-16-5-2-6-17-29/h7-13,18-19H,1-6,14-17H2,(H,30,31)/b9-7+. The smallest absolute Gasteiger partial charge is 0.328 e. The highest BCUT2D eigenvalue weighted by Gasteiger charge is 2.15. The minimum absolute atomic E-state index is 0.910. The second-order valence-electron chi connectivity index (χ2n) is 8.18. The molecule has 2 aromatic heterocycles. The van der Waals surface area contributed by atoms with Gasteiger partial charge in [-0.1, -0.05) is 12.2 Å². The lowest BCUT2D eigenvalue weighted by Crippen LogP contribution is -2.30. The summed E-state index contributed by atoms with van der Waals surface area (Å²) >= 11 is 0. The summed E-state index contributed by atoms with van der Waals surface area (Å²) in [6, 6.07) is 8.25. The van der Waals surface area contributed by atoms with Crippen molar-refractivity contribution in [2.24, 2.45) is 0 Å². The van der Waals surface area contributed by atoms with Crippen LogP contribution in [0, 0.1) is 0 Å². The van der Waals surface area contributed by atoms with Crippen molar-refractivity contribution in [3.05, 3.63) is 66.0 Å². The first-order valence-electron chi connectivity index (χ1n) is 11.2. The predicted octanol–water partition coefficient (Wildman–Crippen LogP) is 4.53. The molecule has 2 aromatic rings. The van der Waals surface area contributed by atoms with Crippen LogP contribution in [0.1, 0.15) is 49.7 Å². The normalized spacial score (nSPS) is 17.0. The van der Waals surface area contributed by atoms with Crippen molar-refractivity contribution in [3.63, 3.8) is 0 Å². The molecule has 4 heterocycles. The maximum atomic E-state index is 10.9. The molecule has 2 fully saturated rings. The van der Waals surface area contributed by atoms with Crippen molar-refractivity contribution in [3.8, 4) is 0 Å². The van der Waals surface area contributed by atoms with Crippen molar-refractivity contribution >= 4 is 23.2 Å². The van der Waals surface area contributed by atoms with Gasteiger partial charge >= 0.3 is 5.97 Å². The Morgan fingerprint density at radius 1 is 0.774 bits per heavy atom. The van der Waals surface area contributed by atoms with E-state index in [9.17, 15) is 4.79 Å². The summed E-state index contributed by atoms with van der Waals surface area (Å²) in [4.78, 5) is 25.0. The summed E-state index contributed by atoms with van der Waals surface area (Å²) in [5.74, 6) is 1.04. The van der Waals surface area contributed by atoms with Crippen molar-refractivity contribution in [1.82, 2.24) is 9.97 Å². The van der Waals surface area contributed by atoms with Gasteiger partial charge in [-0.25, -0.2) is 14.8 Å². The fraction of sp³-hybridized carbons (Fsp3) is 0.400. The molecule has 0 atom stereocenters. The summed E-state index contributed by atoms with van der Waals surface area (Å²) in [5, 5.41) is 8.98. The predicted molar refractivity (Wildman–Crippen MR) is 124 cm³/mol. The molecule has 0 unspecified atom stereocenters. The third kappa shape index (κ3) is 5.51. The Morgan fingerprint density at radius 2 is 1.26 bits per heavy atom. The average molecular weight is 419 g/mol. The minimum Gasteiger partial charge on any atom is -0.478 e. The highest BCUT2D eigenvalue weighted by molar-refractivity contribution is 5.84. The quantitative estimate of drug-likeness (QED) is 0.549. The summed E-state index contributed by atoms with van der Waals surface area (Å²) in [7, 11) is 0. The first-order chi connectivity index (χ1) is 15.2. The van der Waals surface area contributed by atoms with Gasteiger partial charge in [0, 0.05) is 55.8 Å². The molecule has 0 bridgehead atoms. The van der Waals surface area contributed by atoms with Crippen LogP contribution in [0.4, 0.5) is 11.6 Å². The van der Waals surface area contributed by atoms with Crippen molar-refractivity contribution in [2.45, 2.75) is 38.5 Å². The van der Waals surface area contributed by atoms with E-state index in [2.05, 4.69) is 34.1 Å². The van der Waals surface area contributed by atoms with E-state index < -0.39 is 5.97 Å². The number of carbonyl (C=O) groups is 1. The number of allylic oxidation sites excluding steroid dienone is 2. The maximum absolute atomic E-state index is 10.9. The van der Waals surface area contributed by atoms with Gasteiger partial charge in [0.05, 0.1) is 0 Å². The first-order valence-corrected chi connectivity index (χ1v) is 11.2. The van der Waals surface area contributed by atoms with E-state index in [1.807, 2.05) is 18.5 Å². The summed E-state index contributed by atoms with van der Waals surface area (Å²) in [6.45, 7) is 4.22. The largest absolute Gasteiger partial charge is 0.478 e. The maximum Gasteiger partial charge on any atom is 0.328 e. The highest BCUT2D eigenvalue weighted by Crippen LogP contribution is 2.27. The fourth-order valence-electron chi connectivity index (χ4n) is 4.30. The number of rotatable bonds is 6. The summed E-state index contributed by atoms with van der Waals surface area (Å²) < 4.78 is 0. The lowest BCUT2D eigenvalue weighted by atomic mass is 10.00. The number of pyridine rings is 2.